The molecule has 11 heteroatoms. The van der Waals surface area contributed by atoms with Crippen LogP contribution in [-0.4, -0.2) is 79.0 Å². The number of likely N-dealkylation sites (N-methyl/N-ethyl adjacent to an activating group) is 1. The first-order chi connectivity index (χ1) is 16.5. The quantitative estimate of drug-likeness (QED) is 0.611. The number of carbonyl (C=O) groups excluding carboxylic acids is 2. The van der Waals surface area contributed by atoms with E-state index in [1.165, 1.54) is 12.1 Å². The molecule has 0 aliphatic carbocycles. The normalized spacial score (nSPS) is 20.5. The summed E-state index contributed by atoms with van der Waals surface area (Å²) in [6, 6.07) is 5.09. The average Bonchev–Trinajstić information content (AvgIpc) is 3.05. The van der Waals surface area contributed by atoms with Gasteiger partial charge in [-0.3, -0.25) is 19.5 Å². The second-order valence-corrected chi connectivity index (χ2v) is 10.5. The molecule has 7 nitrogen and oxygen atoms in total. The van der Waals surface area contributed by atoms with Crippen molar-refractivity contribution in [2.24, 2.45) is 0 Å². The Morgan fingerprint density at radius 3 is 2.54 bits per heavy atom. The smallest absolute Gasteiger partial charge is 0.241 e. The van der Waals surface area contributed by atoms with Gasteiger partial charge in [0.05, 0.1) is 12.2 Å². The topological polar surface area (TPSA) is 68.8 Å². The molecule has 0 saturated carbocycles. The van der Waals surface area contributed by atoms with Crippen LogP contribution in [0.1, 0.15) is 37.6 Å². The van der Waals surface area contributed by atoms with E-state index in [1.807, 2.05) is 17.9 Å². The lowest BCUT2D eigenvalue weighted by Crippen LogP contribution is -2.62. The highest BCUT2D eigenvalue weighted by molar-refractivity contribution is 5.98. The molecule has 1 saturated heterocycles. The average molecular weight is 559 g/mol. The highest BCUT2D eigenvalue weighted by Crippen LogP contribution is 2.40. The minimum absolute atomic E-state index is 0. The van der Waals surface area contributed by atoms with Crippen LogP contribution in [0.5, 0.6) is 0 Å². The Kier molecular flexibility index (Phi) is 10.0. The molecule has 2 atom stereocenters. The van der Waals surface area contributed by atoms with Gasteiger partial charge in [-0.25, -0.2) is 8.78 Å². The van der Waals surface area contributed by atoms with Crippen LogP contribution in [0.3, 0.4) is 0 Å². The van der Waals surface area contributed by atoms with E-state index >= 15 is 0 Å². The van der Waals surface area contributed by atoms with Crippen molar-refractivity contribution in [2.45, 2.75) is 44.7 Å². The third-order valence-corrected chi connectivity index (χ3v) is 6.87. The molecule has 0 spiro atoms. The van der Waals surface area contributed by atoms with Gasteiger partial charge in [-0.2, -0.15) is 0 Å². The van der Waals surface area contributed by atoms with E-state index in [0.29, 0.717) is 30.9 Å². The van der Waals surface area contributed by atoms with Gasteiger partial charge in [0, 0.05) is 75.1 Å². The molecule has 2 aromatic rings. The SMILES string of the molecule is C[C@@H]1CN(CC(=O)N2CC(C)(C)c3cnc(Cc4ccc(F)cc4F)cc32)[C@@H](C(=O)N(C)C)CN1.Cl.Cl. The van der Waals surface area contributed by atoms with E-state index in [2.05, 4.69) is 24.1 Å². The van der Waals surface area contributed by atoms with Crippen molar-refractivity contribution < 1.29 is 18.4 Å². The van der Waals surface area contributed by atoms with Gasteiger partial charge >= 0.3 is 0 Å². The Morgan fingerprint density at radius 2 is 1.89 bits per heavy atom. The first kappa shape index (κ1) is 30.9. The summed E-state index contributed by atoms with van der Waals surface area (Å²) in [7, 11) is 3.44. The van der Waals surface area contributed by atoms with E-state index in [4.69, 9.17) is 0 Å². The summed E-state index contributed by atoms with van der Waals surface area (Å²) in [5.41, 5.74) is 2.35. The minimum Gasteiger partial charge on any atom is -0.347 e. The molecule has 37 heavy (non-hydrogen) atoms. The number of halogens is 4. The summed E-state index contributed by atoms with van der Waals surface area (Å²) in [5, 5.41) is 3.33. The lowest BCUT2D eigenvalue weighted by molar-refractivity contribution is -0.136. The molecule has 0 unspecified atom stereocenters. The van der Waals surface area contributed by atoms with Crippen molar-refractivity contribution in [3.63, 3.8) is 0 Å². The Balaban J connectivity index is 0.00000241. The highest BCUT2D eigenvalue weighted by atomic mass is 35.5. The lowest BCUT2D eigenvalue weighted by Gasteiger charge is -2.39. The molecular weight excluding hydrogens is 523 g/mol. The molecule has 3 heterocycles. The number of hydrogen-bond donors (Lipinski definition) is 1. The van der Waals surface area contributed by atoms with Gasteiger partial charge in [-0.15, -0.1) is 24.8 Å². The van der Waals surface area contributed by atoms with Crippen LogP contribution in [-0.2, 0) is 21.4 Å². The van der Waals surface area contributed by atoms with Crippen molar-refractivity contribution in [1.29, 1.82) is 0 Å². The summed E-state index contributed by atoms with van der Waals surface area (Å²) in [4.78, 5) is 36.1. The van der Waals surface area contributed by atoms with E-state index in [9.17, 15) is 18.4 Å². The fourth-order valence-electron chi connectivity index (χ4n) is 4.94. The van der Waals surface area contributed by atoms with Crippen LogP contribution in [0.25, 0.3) is 0 Å². The first-order valence-corrected chi connectivity index (χ1v) is 11.9. The number of pyridine rings is 1. The number of piperazine rings is 1. The van der Waals surface area contributed by atoms with Crippen LogP contribution >= 0.6 is 24.8 Å². The number of fused-ring (bicyclic) bond motifs is 1. The van der Waals surface area contributed by atoms with E-state index in [-0.39, 0.29) is 61.1 Å². The lowest BCUT2D eigenvalue weighted by atomic mass is 9.88. The highest BCUT2D eigenvalue weighted by Gasteiger charge is 2.40. The fourth-order valence-corrected chi connectivity index (χ4v) is 4.94. The summed E-state index contributed by atoms with van der Waals surface area (Å²) in [5.74, 6) is -1.37. The molecule has 0 bridgehead atoms. The summed E-state index contributed by atoms with van der Waals surface area (Å²) in [6.07, 6.45) is 1.95. The monoisotopic (exact) mass is 557 g/mol. The summed E-state index contributed by atoms with van der Waals surface area (Å²) in [6.45, 7) is 7.85. The number of anilines is 1. The van der Waals surface area contributed by atoms with Crippen molar-refractivity contribution in [2.75, 3.05) is 45.2 Å². The molecule has 1 aromatic heterocycles. The van der Waals surface area contributed by atoms with Crippen LogP contribution in [0.15, 0.2) is 30.5 Å². The second kappa shape index (κ2) is 12.0. The van der Waals surface area contributed by atoms with Gasteiger partial charge in [0.2, 0.25) is 11.8 Å². The molecule has 204 valence electrons. The predicted molar refractivity (Wildman–Crippen MR) is 145 cm³/mol. The predicted octanol–water partition coefficient (Wildman–Crippen LogP) is 3.17. The molecule has 2 aliphatic rings. The van der Waals surface area contributed by atoms with Gasteiger partial charge in [0.15, 0.2) is 0 Å². The number of aromatic nitrogens is 1. The van der Waals surface area contributed by atoms with Crippen molar-refractivity contribution in [1.82, 2.24) is 20.1 Å². The number of rotatable bonds is 5. The maximum atomic E-state index is 14.2. The summed E-state index contributed by atoms with van der Waals surface area (Å²) < 4.78 is 27.5. The zero-order valence-electron chi connectivity index (χ0n) is 21.8. The van der Waals surface area contributed by atoms with E-state index in [1.54, 1.807) is 30.1 Å². The molecule has 1 fully saturated rings. The number of carbonyl (C=O) groups is 2. The molecular formula is C26H35Cl2F2N5O2. The Morgan fingerprint density at radius 1 is 1.19 bits per heavy atom. The van der Waals surface area contributed by atoms with E-state index < -0.39 is 17.7 Å². The molecule has 2 aliphatic heterocycles. The van der Waals surface area contributed by atoms with E-state index in [0.717, 1.165) is 17.3 Å². The van der Waals surface area contributed by atoms with Crippen molar-refractivity contribution in [3.8, 4) is 0 Å². The zero-order chi connectivity index (χ0) is 25.5. The number of nitrogens with one attached hydrogen (secondary N) is 1. The number of amides is 2. The molecule has 0 radical (unpaired) electrons. The maximum Gasteiger partial charge on any atom is 0.241 e. The molecule has 1 N–H and O–H groups in total. The van der Waals surface area contributed by atoms with Crippen molar-refractivity contribution in [3.05, 3.63) is 58.9 Å². The third-order valence-electron chi connectivity index (χ3n) is 6.87. The van der Waals surface area contributed by atoms with Gasteiger partial charge < -0.3 is 15.1 Å². The standard InChI is InChI=1S/C26H33F2N5O2.2ClH/c1-16-13-32(23(12-29-16)25(35)31(4)5)14-24(34)33-15-26(2,3)20-11-30-19(10-22(20)33)8-17-6-7-18(27)9-21(17)28;;/h6-7,9-11,16,23,29H,8,12-15H2,1-5H3;2*1H/t16-,23-;;/m1../s1. The zero-order valence-corrected chi connectivity index (χ0v) is 23.4. The first-order valence-electron chi connectivity index (χ1n) is 11.9. The number of hydrogen-bond acceptors (Lipinski definition) is 5. The van der Waals surface area contributed by atoms with Gasteiger partial charge in [0.1, 0.15) is 17.7 Å². The number of benzene rings is 1. The van der Waals surface area contributed by atoms with Gasteiger partial charge in [-0.1, -0.05) is 19.9 Å². The van der Waals surface area contributed by atoms with Crippen molar-refractivity contribution >= 4 is 42.3 Å². The number of nitrogens with zero attached hydrogens (tertiary/aromatic N) is 4. The summed E-state index contributed by atoms with van der Waals surface area (Å²) >= 11 is 0. The Bertz CT molecular complexity index is 1150. The van der Waals surface area contributed by atoms with Gasteiger partial charge in [0.25, 0.3) is 0 Å². The Labute approximate surface area is 229 Å². The largest absolute Gasteiger partial charge is 0.347 e. The Hall–Kier alpha value is -2.33. The van der Waals surface area contributed by atoms with Crippen LogP contribution in [0.2, 0.25) is 0 Å². The van der Waals surface area contributed by atoms with Gasteiger partial charge in [-0.05, 0) is 24.6 Å². The van der Waals surface area contributed by atoms with Crippen LogP contribution in [0, 0.1) is 11.6 Å². The van der Waals surface area contributed by atoms with Crippen LogP contribution in [0.4, 0.5) is 14.5 Å². The second-order valence-electron chi connectivity index (χ2n) is 10.5. The van der Waals surface area contributed by atoms with Crippen LogP contribution < -0.4 is 10.2 Å². The minimum atomic E-state index is -0.625. The third kappa shape index (κ3) is 6.57. The molecule has 1 aromatic carbocycles. The molecule has 4 rings (SSSR count). The molecule has 2 amide bonds. The fraction of sp³-hybridized carbons (Fsp3) is 0.500. The maximum absolute atomic E-state index is 14.2.